The minimum atomic E-state index is 0.508. The van der Waals surface area contributed by atoms with Gasteiger partial charge in [-0.2, -0.15) is 5.10 Å². The molecule has 0 amide bonds. The number of nitrogens with zero attached hydrogens (tertiary/aromatic N) is 5. The van der Waals surface area contributed by atoms with Gasteiger partial charge in [0, 0.05) is 49.0 Å². The third-order valence-electron chi connectivity index (χ3n) is 4.15. The Kier molecular flexibility index (Phi) is 5.33. The summed E-state index contributed by atoms with van der Waals surface area (Å²) in [5, 5.41) is 5.48. The number of rotatable bonds is 7. The number of likely N-dealkylation sites (tertiary alicyclic amines) is 1. The van der Waals surface area contributed by atoms with Crippen LogP contribution in [0.5, 0.6) is 0 Å². The lowest BCUT2D eigenvalue weighted by atomic mass is 10.1. The van der Waals surface area contributed by atoms with E-state index >= 15 is 0 Å². The SMILES string of the molecule is CCCCSc1ncc(CN2CC(n3nc(C)cc3C)C2)cn1. The van der Waals surface area contributed by atoms with Crippen LogP contribution in [0, 0.1) is 13.8 Å². The lowest BCUT2D eigenvalue weighted by molar-refractivity contribution is 0.0891. The number of hydrogen-bond acceptors (Lipinski definition) is 5. The number of hydrogen-bond donors (Lipinski definition) is 0. The van der Waals surface area contributed by atoms with Gasteiger partial charge in [-0.05, 0) is 26.3 Å². The van der Waals surface area contributed by atoms with Crippen molar-refractivity contribution in [3.8, 4) is 0 Å². The van der Waals surface area contributed by atoms with Crippen molar-refractivity contribution in [1.29, 1.82) is 0 Å². The van der Waals surface area contributed by atoms with Gasteiger partial charge < -0.3 is 0 Å². The predicted octanol–water partition coefficient (Wildman–Crippen LogP) is 3.24. The Bertz CT molecular complexity index is 631. The van der Waals surface area contributed by atoms with Gasteiger partial charge in [-0.15, -0.1) is 0 Å². The molecule has 2 aromatic rings. The second-order valence-corrected chi connectivity index (χ2v) is 7.36. The van der Waals surface area contributed by atoms with Crippen molar-refractivity contribution in [2.75, 3.05) is 18.8 Å². The summed E-state index contributed by atoms with van der Waals surface area (Å²) in [5.41, 5.74) is 3.55. The van der Waals surface area contributed by atoms with Crippen LogP contribution in [0.2, 0.25) is 0 Å². The molecule has 0 atom stereocenters. The smallest absolute Gasteiger partial charge is 0.187 e. The molecule has 0 bridgehead atoms. The number of thioether (sulfide) groups is 1. The quantitative estimate of drug-likeness (QED) is 0.443. The van der Waals surface area contributed by atoms with Crippen molar-refractivity contribution in [2.45, 2.75) is 51.4 Å². The van der Waals surface area contributed by atoms with Crippen molar-refractivity contribution in [2.24, 2.45) is 0 Å². The standard InChI is InChI=1S/C17H25N5S/c1-4-5-6-23-17-18-8-15(9-19-17)10-21-11-16(12-21)22-14(3)7-13(2)20-22/h7-9,16H,4-6,10-12H2,1-3H3. The lowest BCUT2D eigenvalue weighted by Gasteiger charge is -2.39. The van der Waals surface area contributed by atoms with Gasteiger partial charge >= 0.3 is 0 Å². The van der Waals surface area contributed by atoms with Gasteiger partial charge in [0.25, 0.3) is 0 Å². The van der Waals surface area contributed by atoms with Crippen molar-refractivity contribution in [3.63, 3.8) is 0 Å². The van der Waals surface area contributed by atoms with Crippen molar-refractivity contribution >= 4 is 11.8 Å². The zero-order chi connectivity index (χ0) is 16.2. The molecule has 124 valence electrons. The van der Waals surface area contributed by atoms with E-state index in [-0.39, 0.29) is 0 Å². The Morgan fingerprint density at radius 1 is 1.22 bits per heavy atom. The molecule has 5 nitrogen and oxygen atoms in total. The minimum Gasteiger partial charge on any atom is -0.295 e. The normalized spacial score (nSPS) is 15.8. The fraction of sp³-hybridized carbons (Fsp3) is 0.588. The summed E-state index contributed by atoms with van der Waals surface area (Å²) in [5.74, 6) is 1.10. The van der Waals surface area contributed by atoms with Crippen LogP contribution in [0.3, 0.4) is 0 Å². The Morgan fingerprint density at radius 3 is 2.57 bits per heavy atom. The molecular weight excluding hydrogens is 306 g/mol. The fourth-order valence-corrected chi connectivity index (χ4v) is 3.78. The summed E-state index contributed by atoms with van der Waals surface area (Å²) in [4.78, 5) is 11.3. The van der Waals surface area contributed by atoms with Crippen molar-refractivity contribution in [1.82, 2.24) is 24.6 Å². The summed E-state index contributed by atoms with van der Waals surface area (Å²) < 4.78 is 2.16. The maximum absolute atomic E-state index is 4.58. The first-order valence-corrected chi connectivity index (χ1v) is 9.33. The Morgan fingerprint density at radius 2 is 1.96 bits per heavy atom. The molecule has 0 aromatic carbocycles. The van der Waals surface area contributed by atoms with E-state index in [9.17, 15) is 0 Å². The zero-order valence-electron chi connectivity index (χ0n) is 14.2. The van der Waals surface area contributed by atoms with E-state index < -0.39 is 0 Å². The summed E-state index contributed by atoms with van der Waals surface area (Å²) in [6, 6.07) is 2.65. The molecule has 0 N–H and O–H groups in total. The van der Waals surface area contributed by atoms with E-state index in [1.165, 1.54) is 24.1 Å². The van der Waals surface area contributed by atoms with Crippen LogP contribution in [0.4, 0.5) is 0 Å². The highest BCUT2D eigenvalue weighted by Gasteiger charge is 2.29. The summed E-state index contributed by atoms with van der Waals surface area (Å²) >= 11 is 1.75. The average molecular weight is 331 g/mol. The molecule has 0 unspecified atom stereocenters. The molecule has 1 saturated heterocycles. The predicted molar refractivity (Wildman–Crippen MR) is 93.7 cm³/mol. The summed E-state index contributed by atoms with van der Waals surface area (Å²) in [6.45, 7) is 9.42. The second kappa shape index (κ2) is 7.45. The van der Waals surface area contributed by atoms with E-state index in [4.69, 9.17) is 0 Å². The highest BCUT2D eigenvalue weighted by molar-refractivity contribution is 7.99. The Balaban J connectivity index is 1.47. The molecule has 6 heteroatoms. The van der Waals surface area contributed by atoms with Gasteiger partial charge in [0.2, 0.25) is 0 Å². The molecule has 1 aliphatic heterocycles. The van der Waals surface area contributed by atoms with Gasteiger partial charge in [-0.3, -0.25) is 9.58 Å². The van der Waals surface area contributed by atoms with Gasteiger partial charge in [0.1, 0.15) is 0 Å². The van der Waals surface area contributed by atoms with Crippen LogP contribution in [0.25, 0.3) is 0 Å². The topological polar surface area (TPSA) is 46.8 Å². The first-order chi connectivity index (χ1) is 11.2. The maximum Gasteiger partial charge on any atom is 0.187 e. The lowest BCUT2D eigenvalue weighted by Crippen LogP contribution is -2.47. The first kappa shape index (κ1) is 16.5. The van der Waals surface area contributed by atoms with Crippen LogP contribution in [-0.4, -0.2) is 43.5 Å². The minimum absolute atomic E-state index is 0.508. The molecule has 2 aromatic heterocycles. The van der Waals surface area contributed by atoms with Crippen LogP contribution >= 0.6 is 11.8 Å². The van der Waals surface area contributed by atoms with E-state index in [1.54, 1.807) is 11.8 Å². The first-order valence-electron chi connectivity index (χ1n) is 8.34. The highest BCUT2D eigenvalue weighted by atomic mass is 32.2. The average Bonchev–Trinajstić information content (AvgIpc) is 2.82. The molecule has 0 saturated carbocycles. The third kappa shape index (κ3) is 4.12. The number of aryl methyl sites for hydroxylation is 2. The van der Waals surface area contributed by atoms with Crippen molar-refractivity contribution in [3.05, 3.63) is 35.4 Å². The van der Waals surface area contributed by atoms with Crippen LogP contribution in [0.15, 0.2) is 23.6 Å². The van der Waals surface area contributed by atoms with E-state index in [1.807, 2.05) is 12.4 Å². The summed E-state index contributed by atoms with van der Waals surface area (Å²) in [7, 11) is 0. The van der Waals surface area contributed by atoms with Crippen LogP contribution in [0.1, 0.15) is 42.8 Å². The molecule has 3 rings (SSSR count). The zero-order valence-corrected chi connectivity index (χ0v) is 15.0. The van der Waals surface area contributed by atoms with Gasteiger partial charge in [-0.25, -0.2) is 9.97 Å². The molecule has 0 spiro atoms. The fourth-order valence-electron chi connectivity index (χ4n) is 2.91. The van der Waals surface area contributed by atoms with Crippen LogP contribution < -0.4 is 0 Å². The van der Waals surface area contributed by atoms with Gasteiger partial charge in [0.05, 0.1) is 11.7 Å². The second-order valence-electron chi connectivity index (χ2n) is 6.30. The molecule has 1 aliphatic rings. The van der Waals surface area contributed by atoms with E-state index in [0.717, 1.165) is 36.2 Å². The van der Waals surface area contributed by atoms with Gasteiger partial charge in [0.15, 0.2) is 5.16 Å². The molecule has 1 fully saturated rings. The molecule has 0 aliphatic carbocycles. The monoisotopic (exact) mass is 331 g/mol. The van der Waals surface area contributed by atoms with E-state index in [0.29, 0.717) is 6.04 Å². The molecule has 23 heavy (non-hydrogen) atoms. The Labute approximate surface area is 142 Å². The number of aromatic nitrogens is 4. The third-order valence-corrected chi connectivity index (χ3v) is 5.11. The summed E-state index contributed by atoms with van der Waals surface area (Å²) in [6.07, 6.45) is 6.38. The largest absolute Gasteiger partial charge is 0.295 e. The molecule has 0 radical (unpaired) electrons. The van der Waals surface area contributed by atoms with Crippen molar-refractivity contribution < 1.29 is 0 Å². The molecular formula is C17H25N5S. The maximum atomic E-state index is 4.58. The molecule has 3 heterocycles. The Hall–Kier alpha value is -1.40. The van der Waals surface area contributed by atoms with Crippen LogP contribution in [-0.2, 0) is 6.54 Å². The highest BCUT2D eigenvalue weighted by Crippen LogP contribution is 2.24. The van der Waals surface area contributed by atoms with E-state index in [2.05, 4.69) is 51.5 Å². The van der Waals surface area contributed by atoms with Gasteiger partial charge in [-0.1, -0.05) is 25.1 Å². The number of unbranched alkanes of at least 4 members (excludes halogenated alkanes) is 1.